The highest BCUT2D eigenvalue weighted by molar-refractivity contribution is 5.33. The summed E-state index contributed by atoms with van der Waals surface area (Å²) >= 11 is 0. The van der Waals surface area contributed by atoms with Crippen molar-refractivity contribution in [1.82, 2.24) is 0 Å². The maximum absolute atomic E-state index is 14.7. The van der Waals surface area contributed by atoms with Crippen LogP contribution in [0.2, 0.25) is 0 Å². The van der Waals surface area contributed by atoms with Crippen LogP contribution in [0, 0.1) is 35.2 Å². The first-order chi connectivity index (χ1) is 15.5. The van der Waals surface area contributed by atoms with E-state index in [2.05, 4.69) is 6.92 Å². The van der Waals surface area contributed by atoms with E-state index >= 15 is 0 Å². The summed E-state index contributed by atoms with van der Waals surface area (Å²) in [5.74, 6) is 0.767. The molecule has 2 aromatic rings. The zero-order valence-electron chi connectivity index (χ0n) is 19.1. The molecule has 0 atom stereocenters. The molecule has 4 rings (SSSR count). The lowest BCUT2D eigenvalue weighted by Crippen LogP contribution is -2.25. The molecule has 2 aromatic carbocycles. The number of halogens is 3. The van der Waals surface area contributed by atoms with E-state index in [1.165, 1.54) is 75.6 Å². The van der Waals surface area contributed by atoms with Gasteiger partial charge in [0.25, 0.3) is 0 Å². The predicted octanol–water partition coefficient (Wildman–Crippen LogP) is 8.56. The molecule has 4 heteroatoms. The van der Waals surface area contributed by atoms with Gasteiger partial charge in [-0.25, -0.2) is 13.2 Å². The number of hydrogen-bond acceptors (Lipinski definition) is 1. The van der Waals surface area contributed by atoms with Crippen LogP contribution >= 0.6 is 0 Å². The van der Waals surface area contributed by atoms with Crippen molar-refractivity contribution in [2.75, 3.05) is 0 Å². The lowest BCUT2D eigenvalue weighted by atomic mass is 9.68. The van der Waals surface area contributed by atoms with Crippen molar-refractivity contribution in [3.8, 4) is 5.75 Å². The van der Waals surface area contributed by atoms with E-state index in [0.29, 0.717) is 5.56 Å². The van der Waals surface area contributed by atoms with E-state index in [9.17, 15) is 13.2 Å². The molecule has 0 heterocycles. The molecular weight excluding hydrogens is 409 g/mol. The average Bonchev–Trinajstić information content (AvgIpc) is 2.80. The molecule has 2 aliphatic rings. The topological polar surface area (TPSA) is 9.23 Å². The number of ether oxygens (including phenoxy) is 1. The lowest BCUT2D eigenvalue weighted by Gasteiger charge is -2.38. The van der Waals surface area contributed by atoms with Crippen LogP contribution in [0.3, 0.4) is 0 Å². The van der Waals surface area contributed by atoms with Crippen molar-refractivity contribution in [3.63, 3.8) is 0 Å². The Balaban J connectivity index is 1.31. The Morgan fingerprint density at radius 1 is 0.781 bits per heavy atom. The summed E-state index contributed by atoms with van der Waals surface area (Å²) < 4.78 is 47.7. The first-order valence-corrected chi connectivity index (χ1v) is 12.4. The number of rotatable bonds is 7. The summed E-state index contributed by atoms with van der Waals surface area (Å²) in [6, 6.07) is 8.61. The van der Waals surface area contributed by atoms with Gasteiger partial charge >= 0.3 is 0 Å². The van der Waals surface area contributed by atoms with Gasteiger partial charge in [0.2, 0.25) is 0 Å². The standard InChI is InChI=1S/C28H35F3O/c1-2-3-19-4-8-21(9-5-19)22-10-12-23(13-11-22)24-16-26(30)28(27(31)17-24)32-18-20-6-14-25(29)15-7-20/h6-7,14-17,19,21-23H,2-5,8-13,18H2,1H3. The Morgan fingerprint density at radius 2 is 1.34 bits per heavy atom. The fraction of sp³-hybridized carbons (Fsp3) is 0.571. The summed E-state index contributed by atoms with van der Waals surface area (Å²) in [6.07, 6.45) is 12.5. The molecule has 2 fully saturated rings. The minimum absolute atomic E-state index is 0.000916. The molecule has 0 bridgehead atoms. The summed E-state index contributed by atoms with van der Waals surface area (Å²) in [6.45, 7) is 2.28. The molecule has 32 heavy (non-hydrogen) atoms. The molecule has 0 amide bonds. The largest absolute Gasteiger partial charge is 0.483 e. The molecule has 2 aliphatic carbocycles. The van der Waals surface area contributed by atoms with Gasteiger partial charge in [-0.15, -0.1) is 0 Å². The third-order valence-electron chi connectivity index (χ3n) is 7.82. The summed E-state index contributed by atoms with van der Waals surface area (Å²) in [7, 11) is 0. The third-order valence-corrected chi connectivity index (χ3v) is 7.82. The molecular formula is C28H35F3O. The van der Waals surface area contributed by atoms with Gasteiger partial charge in [-0.2, -0.15) is 0 Å². The molecule has 0 spiro atoms. The summed E-state index contributed by atoms with van der Waals surface area (Å²) in [5.41, 5.74) is 1.41. The molecule has 0 aromatic heterocycles. The van der Waals surface area contributed by atoms with Crippen molar-refractivity contribution in [1.29, 1.82) is 0 Å². The molecule has 0 aliphatic heterocycles. The quantitative estimate of drug-likeness (QED) is 0.416. The van der Waals surface area contributed by atoms with E-state index < -0.39 is 11.6 Å². The highest BCUT2D eigenvalue weighted by atomic mass is 19.1. The Morgan fingerprint density at radius 3 is 1.91 bits per heavy atom. The maximum Gasteiger partial charge on any atom is 0.191 e. The Kier molecular flexibility index (Phi) is 7.80. The average molecular weight is 445 g/mol. The van der Waals surface area contributed by atoms with Gasteiger partial charge in [-0.3, -0.25) is 0 Å². The molecule has 0 saturated heterocycles. The fourth-order valence-electron chi connectivity index (χ4n) is 5.97. The van der Waals surface area contributed by atoms with Crippen LogP contribution in [0.4, 0.5) is 13.2 Å². The monoisotopic (exact) mass is 444 g/mol. The second-order valence-electron chi connectivity index (χ2n) is 9.91. The van der Waals surface area contributed by atoms with Crippen molar-refractivity contribution in [2.45, 2.75) is 83.7 Å². The van der Waals surface area contributed by atoms with Gasteiger partial charge in [0.1, 0.15) is 12.4 Å². The van der Waals surface area contributed by atoms with E-state index in [1.54, 1.807) is 12.1 Å². The van der Waals surface area contributed by atoms with Crippen LogP contribution in [0.1, 0.15) is 88.2 Å². The Labute approximate surface area is 190 Å². The second-order valence-corrected chi connectivity index (χ2v) is 9.91. The van der Waals surface area contributed by atoms with Gasteiger partial charge in [-0.1, -0.05) is 44.7 Å². The van der Waals surface area contributed by atoms with Crippen molar-refractivity contribution < 1.29 is 17.9 Å². The summed E-state index contributed by atoms with van der Waals surface area (Å²) in [5, 5.41) is 0. The molecule has 2 saturated carbocycles. The zero-order valence-corrected chi connectivity index (χ0v) is 19.1. The number of hydrogen-bond donors (Lipinski definition) is 0. The molecule has 174 valence electrons. The molecule has 0 unspecified atom stereocenters. The fourth-order valence-corrected chi connectivity index (χ4v) is 5.97. The molecule has 1 nitrogen and oxygen atoms in total. The molecule has 0 N–H and O–H groups in total. The highest BCUT2D eigenvalue weighted by Crippen LogP contribution is 2.45. The minimum Gasteiger partial charge on any atom is -0.483 e. The third kappa shape index (κ3) is 5.68. The summed E-state index contributed by atoms with van der Waals surface area (Å²) in [4.78, 5) is 0. The second kappa shape index (κ2) is 10.8. The lowest BCUT2D eigenvalue weighted by molar-refractivity contribution is 0.156. The highest BCUT2D eigenvalue weighted by Gasteiger charge is 2.31. The van der Waals surface area contributed by atoms with E-state index in [0.717, 1.165) is 36.2 Å². The van der Waals surface area contributed by atoms with Crippen LogP contribution in [-0.4, -0.2) is 0 Å². The van der Waals surface area contributed by atoms with Crippen LogP contribution in [0.5, 0.6) is 5.75 Å². The van der Waals surface area contributed by atoms with E-state index in [1.807, 2.05) is 0 Å². The van der Waals surface area contributed by atoms with Crippen LogP contribution < -0.4 is 4.74 Å². The predicted molar refractivity (Wildman–Crippen MR) is 122 cm³/mol. The van der Waals surface area contributed by atoms with Gasteiger partial charge in [-0.05, 0) is 97.6 Å². The Hall–Kier alpha value is -1.97. The number of benzene rings is 2. The van der Waals surface area contributed by atoms with E-state index in [-0.39, 0.29) is 24.1 Å². The minimum atomic E-state index is -0.654. The van der Waals surface area contributed by atoms with Gasteiger partial charge in [0.15, 0.2) is 17.4 Å². The normalized spacial score (nSPS) is 26.1. The van der Waals surface area contributed by atoms with Crippen LogP contribution in [0.25, 0.3) is 0 Å². The first-order valence-electron chi connectivity index (χ1n) is 12.4. The van der Waals surface area contributed by atoms with Crippen molar-refractivity contribution >= 4 is 0 Å². The smallest absolute Gasteiger partial charge is 0.191 e. The SMILES string of the molecule is CCCC1CCC(C2CCC(c3cc(F)c(OCc4ccc(F)cc4)c(F)c3)CC2)CC1. The first kappa shape index (κ1) is 23.2. The van der Waals surface area contributed by atoms with Gasteiger partial charge in [0.05, 0.1) is 0 Å². The van der Waals surface area contributed by atoms with Gasteiger partial charge < -0.3 is 4.74 Å². The molecule has 0 radical (unpaired) electrons. The zero-order chi connectivity index (χ0) is 22.5. The van der Waals surface area contributed by atoms with Crippen LogP contribution in [-0.2, 0) is 6.61 Å². The van der Waals surface area contributed by atoms with Crippen LogP contribution in [0.15, 0.2) is 36.4 Å². The van der Waals surface area contributed by atoms with E-state index in [4.69, 9.17) is 4.74 Å². The maximum atomic E-state index is 14.7. The Bertz CT molecular complexity index is 840. The van der Waals surface area contributed by atoms with Crippen molar-refractivity contribution in [3.05, 3.63) is 65.0 Å². The van der Waals surface area contributed by atoms with Crippen molar-refractivity contribution in [2.24, 2.45) is 17.8 Å². The van der Waals surface area contributed by atoms with Gasteiger partial charge in [0, 0.05) is 0 Å².